The van der Waals surface area contributed by atoms with E-state index in [4.69, 9.17) is 9.47 Å². The van der Waals surface area contributed by atoms with Gasteiger partial charge in [0.05, 0.1) is 12.5 Å². The van der Waals surface area contributed by atoms with Crippen molar-refractivity contribution < 1.29 is 23.9 Å². The second kappa shape index (κ2) is 6.27. The molecule has 1 unspecified atom stereocenters. The smallest absolute Gasteiger partial charge is 0.242 e. The Labute approximate surface area is 144 Å². The van der Waals surface area contributed by atoms with Crippen LogP contribution in [0.25, 0.3) is 0 Å². The molecule has 3 heterocycles. The fourth-order valence-electron chi connectivity index (χ4n) is 3.36. The summed E-state index contributed by atoms with van der Waals surface area (Å²) in [7, 11) is 0. The molecule has 1 N–H and O–H groups in total. The van der Waals surface area contributed by atoms with Crippen molar-refractivity contribution in [3.8, 4) is 11.5 Å². The summed E-state index contributed by atoms with van der Waals surface area (Å²) in [5.74, 6) is 0.748. The van der Waals surface area contributed by atoms with Gasteiger partial charge in [-0.05, 0) is 17.7 Å². The lowest BCUT2D eigenvalue weighted by molar-refractivity contribution is -0.147. The van der Waals surface area contributed by atoms with Crippen LogP contribution >= 0.6 is 0 Å². The van der Waals surface area contributed by atoms with Gasteiger partial charge in [-0.3, -0.25) is 14.4 Å². The molecule has 0 aliphatic carbocycles. The average Bonchev–Trinajstić information content (AvgIpc) is 3.24. The van der Waals surface area contributed by atoms with E-state index < -0.39 is 0 Å². The van der Waals surface area contributed by atoms with Crippen LogP contribution < -0.4 is 14.8 Å². The third kappa shape index (κ3) is 3.11. The van der Waals surface area contributed by atoms with E-state index in [0.29, 0.717) is 37.7 Å². The van der Waals surface area contributed by atoms with Crippen molar-refractivity contribution in [3.63, 3.8) is 0 Å². The zero-order valence-corrected chi connectivity index (χ0v) is 13.7. The van der Waals surface area contributed by atoms with Crippen LogP contribution in [-0.2, 0) is 20.9 Å². The number of carbonyl (C=O) groups excluding carboxylic acids is 3. The van der Waals surface area contributed by atoms with Crippen molar-refractivity contribution in [2.75, 3.05) is 33.0 Å². The van der Waals surface area contributed by atoms with Gasteiger partial charge in [0.1, 0.15) is 0 Å². The second-order valence-electron chi connectivity index (χ2n) is 6.47. The summed E-state index contributed by atoms with van der Waals surface area (Å²) < 4.78 is 10.6. The van der Waals surface area contributed by atoms with Gasteiger partial charge in [0.25, 0.3) is 0 Å². The van der Waals surface area contributed by atoms with Gasteiger partial charge < -0.3 is 24.6 Å². The van der Waals surface area contributed by atoms with Crippen LogP contribution in [-0.4, -0.2) is 60.5 Å². The first-order valence-corrected chi connectivity index (χ1v) is 8.32. The maximum absolute atomic E-state index is 12.4. The molecule has 25 heavy (non-hydrogen) atoms. The predicted octanol–water partition coefficient (Wildman–Crippen LogP) is -0.278. The maximum atomic E-state index is 12.4. The minimum atomic E-state index is -0.347. The predicted molar refractivity (Wildman–Crippen MR) is 85.7 cm³/mol. The van der Waals surface area contributed by atoms with Gasteiger partial charge in [-0.25, -0.2) is 0 Å². The summed E-state index contributed by atoms with van der Waals surface area (Å²) in [6, 6.07) is 5.63. The summed E-state index contributed by atoms with van der Waals surface area (Å²) in [5.41, 5.74) is 0.961. The van der Waals surface area contributed by atoms with Crippen molar-refractivity contribution in [3.05, 3.63) is 23.8 Å². The first-order chi connectivity index (χ1) is 12.1. The Balaban J connectivity index is 1.36. The number of carbonyl (C=O) groups is 3. The monoisotopic (exact) mass is 345 g/mol. The van der Waals surface area contributed by atoms with E-state index in [2.05, 4.69) is 5.32 Å². The maximum Gasteiger partial charge on any atom is 0.242 e. The minimum Gasteiger partial charge on any atom is -0.454 e. The molecule has 0 saturated carbocycles. The van der Waals surface area contributed by atoms with Gasteiger partial charge in [-0.2, -0.15) is 0 Å². The molecule has 3 amide bonds. The molecule has 3 aliphatic rings. The minimum absolute atomic E-state index is 0.0636. The van der Waals surface area contributed by atoms with Crippen molar-refractivity contribution in [2.45, 2.75) is 13.0 Å². The molecule has 2 fully saturated rings. The first kappa shape index (κ1) is 15.7. The Hall–Kier alpha value is -2.77. The van der Waals surface area contributed by atoms with E-state index in [1.54, 1.807) is 9.80 Å². The van der Waals surface area contributed by atoms with E-state index in [1.807, 2.05) is 18.2 Å². The first-order valence-electron chi connectivity index (χ1n) is 8.32. The molecule has 8 heteroatoms. The Morgan fingerprint density at radius 2 is 2.04 bits per heavy atom. The number of fused-ring (bicyclic) bond motifs is 1. The number of piperazine rings is 1. The van der Waals surface area contributed by atoms with E-state index in [1.165, 1.54) is 0 Å². The Bertz CT molecular complexity index is 735. The van der Waals surface area contributed by atoms with Crippen molar-refractivity contribution in [1.29, 1.82) is 0 Å². The summed E-state index contributed by atoms with van der Waals surface area (Å²) in [6.45, 7) is 2.09. The molecule has 0 bridgehead atoms. The Morgan fingerprint density at radius 3 is 2.80 bits per heavy atom. The molecule has 1 aromatic rings. The van der Waals surface area contributed by atoms with Crippen LogP contribution in [0, 0.1) is 5.92 Å². The van der Waals surface area contributed by atoms with E-state index in [0.717, 1.165) is 5.56 Å². The zero-order chi connectivity index (χ0) is 17.4. The van der Waals surface area contributed by atoms with Gasteiger partial charge in [-0.1, -0.05) is 6.07 Å². The summed E-state index contributed by atoms with van der Waals surface area (Å²) in [6.07, 6.45) is 0.213. The molecule has 0 spiro atoms. The molecule has 0 aromatic heterocycles. The molecule has 8 nitrogen and oxygen atoms in total. The van der Waals surface area contributed by atoms with Crippen molar-refractivity contribution >= 4 is 17.7 Å². The second-order valence-corrected chi connectivity index (χ2v) is 6.47. The normalized spacial score (nSPS) is 22.3. The molecule has 132 valence electrons. The van der Waals surface area contributed by atoms with Gasteiger partial charge >= 0.3 is 0 Å². The van der Waals surface area contributed by atoms with E-state index in [-0.39, 0.29) is 43.4 Å². The molecule has 2 saturated heterocycles. The highest BCUT2D eigenvalue weighted by atomic mass is 16.7. The van der Waals surface area contributed by atoms with Crippen LogP contribution in [0.4, 0.5) is 0 Å². The van der Waals surface area contributed by atoms with Crippen LogP contribution in [0.1, 0.15) is 12.0 Å². The third-order valence-corrected chi connectivity index (χ3v) is 4.77. The zero-order valence-electron chi connectivity index (χ0n) is 13.7. The standard InChI is InChI=1S/C17H19N3O5/c21-15-6-12(7-18-15)17(23)20-4-3-19(16(22)9-20)8-11-1-2-13-14(5-11)25-10-24-13/h1-2,5,12H,3-4,6-10H2,(H,18,21). The van der Waals surface area contributed by atoms with Gasteiger partial charge in [0.15, 0.2) is 11.5 Å². The SMILES string of the molecule is O=C1CC(C(=O)N2CCN(Cc3ccc4c(c3)OCO4)C(=O)C2)CN1. The Morgan fingerprint density at radius 1 is 1.20 bits per heavy atom. The highest BCUT2D eigenvalue weighted by Gasteiger charge is 2.35. The number of hydrogen-bond donors (Lipinski definition) is 1. The number of ether oxygens (including phenoxy) is 2. The highest BCUT2D eigenvalue weighted by Crippen LogP contribution is 2.32. The van der Waals surface area contributed by atoms with Crippen molar-refractivity contribution in [1.82, 2.24) is 15.1 Å². The lowest BCUT2D eigenvalue weighted by atomic mass is 10.1. The Kier molecular flexibility index (Phi) is 3.95. The quantitative estimate of drug-likeness (QED) is 0.814. The number of nitrogens with one attached hydrogen (secondary N) is 1. The largest absolute Gasteiger partial charge is 0.454 e. The summed E-state index contributed by atoms with van der Waals surface area (Å²) in [4.78, 5) is 39.4. The van der Waals surface area contributed by atoms with Gasteiger partial charge in [-0.15, -0.1) is 0 Å². The molecular weight excluding hydrogens is 326 g/mol. The van der Waals surface area contributed by atoms with Crippen LogP contribution in [0.2, 0.25) is 0 Å². The molecule has 3 aliphatic heterocycles. The topological polar surface area (TPSA) is 88.2 Å². The highest BCUT2D eigenvalue weighted by molar-refractivity contribution is 5.92. The number of nitrogens with zero attached hydrogens (tertiary/aromatic N) is 2. The molecular formula is C17H19N3O5. The lowest BCUT2D eigenvalue weighted by Crippen LogP contribution is -2.53. The molecule has 4 rings (SSSR count). The molecule has 0 radical (unpaired) electrons. The van der Waals surface area contributed by atoms with Crippen molar-refractivity contribution in [2.24, 2.45) is 5.92 Å². The third-order valence-electron chi connectivity index (χ3n) is 4.77. The van der Waals surface area contributed by atoms with Crippen LogP contribution in [0.3, 0.4) is 0 Å². The lowest BCUT2D eigenvalue weighted by Gasteiger charge is -2.35. The number of benzene rings is 1. The van der Waals surface area contributed by atoms with E-state index in [9.17, 15) is 14.4 Å². The summed E-state index contributed by atoms with van der Waals surface area (Å²) >= 11 is 0. The van der Waals surface area contributed by atoms with E-state index >= 15 is 0 Å². The fourth-order valence-corrected chi connectivity index (χ4v) is 3.36. The number of amides is 3. The number of hydrogen-bond acceptors (Lipinski definition) is 5. The van der Waals surface area contributed by atoms with Gasteiger partial charge in [0.2, 0.25) is 24.5 Å². The van der Waals surface area contributed by atoms with Crippen LogP contribution in [0.5, 0.6) is 11.5 Å². The molecule has 1 aromatic carbocycles. The fraction of sp³-hybridized carbons (Fsp3) is 0.471. The molecule has 1 atom stereocenters. The van der Waals surface area contributed by atoms with Crippen LogP contribution in [0.15, 0.2) is 18.2 Å². The van der Waals surface area contributed by atoms with Gasteiger partial charge in [0, 0.05) is 32.6 Å². The average molecular weight is 345 g/mol. The summed E-state index contributed by atoms with van der Waals surface area (Å²) in [5, 5.41) is 2.66. The number of rotatable bonds is 3.